The van der Waals surface area contributed by atoms with Gasteiger partial charge in [0.25, 0.3) is 0 Å². The zero-order chi connectivity index (χ0) is 38.4. The van der Waals surface area contributed by atoms with Crippen molar-refractivity contribution in [3.63, 3.8) is 0 Å². The number of nitrogens with one attached hydrogen (secondary N) is 1. The molecule has 4 nitrogen and oxygen atoms in total. The first-order valence-electron chi connectivity index (χ1n) is 19.4. The molecule has 4 heteroatoms. The Morgan fingerprint density at radius 2 is 0.673 bits per heavy atom. The van der Waals surface area contributed by atoms with E-state index in [0.717, 1.165) is 78.6 Å². The highest BCUT2D eigenvalue weighted by molar-refractivity contribution is 6.16. The van der Waals surface area contributed by atoms with Crippen molar-refractivity contribution in [1.82, 2.24) is 19.9 Å². The topological polar surface area (TPSA) is 54.5 Å². The lowest BCUT2D eigenvalue weighted by Gasteiger charge is -2.23. The Bertz CT molecular complexity index is 2790. The molecule has 1 aliphatic heterocycles. The Hall–Kier alpha value is -5.87. The van der Waals surface area contributed by atoms with Crippen LogP contribution in [0.2, 0.25) is 0 Å². The summed E-state index contributed by atoms with van der Waals surface area (Å²) < 4.78 is 0. The molecular weight excluding hydrogens is 669 g/mol. The summed E-state index contributed by atoms with van der Waals surface area (Å²) >= 11 is 0. The van der Waals surface area contributed by atoms with Gasteiger partial charge >= 0.3 is 0 Å². The fourth-order valence-corrected chi connectivity index (χ4v) is 7.79. The molecule has 5 heterocycles. The summed E-state index contributed by atoms with van der Waals surface area (Å²) in [7, 11) is 0. The number of fused-ring (bicyclic) bond motifs is 11. The Kier molecular flexibility index (Phi) is 7.81. The Morgan fingerprint density at radius 3 is 1.09 bits per heavy atom. The van der Waals surface area contributed by atoms with Gasteiger partial charge in [-0.3, -0.25) is 0 Å². The van der Waals surface area contributed by atoms with E-state index in [2.05, 4.69) is 189 Å². The first-order chi connectivity index (χ1) is 26.1. The Labute approximate surface area is 324 Å². The average Bonchev–Trinajstić information content (AvgIpc) is 3.55. The molecule has 272 valence electrons. The monoisotopic (exact) mass is 716 g/mol. The van der Waals surface area contributed by atoms with E-state index in [1.165, 1.54) is 27.5 Å². The van der Waals surface area contributed by atoms with E-state index < -0.39 is 0 Å². The van der Waals surface area contributed by atoms with Gasteiger partial charge in [0.05, 0.1) is 45.2 Å². The molecule has 0 saturated carbocycles. The molecule has 8 aromatic rings. The standard InChI is InChI=1S/C51H48N4/c1-49(2,3)34-24-37-38-25-35(50(4,5)6)27-40-42-28-36(51(7,8)9)29-46(53-42)45-23-33(31-18-14-11-15-19-31)22-44(54-45)43-21-32(30-16-12-10-13-17-30)20-41(52-43)39(26-34)47(37)55-48(38)40/h10-29,55H,1-9H3. The first-order valence-corrected chi connectivity index (χ1v) is 19.4. The number of nitrogens with zero attached hydrogens (tertiary/aromatic N) is 3. The summed E-state index contributed by atoms with van der Waals surface area (Å²) in [5.41, 5.74) is 17.3. The molecule has 55 heavy (non-hydrogen) atoms. The minimum atomic E-state index is -0.131. The van der Waals surface area contributed by atoms with Crippen LogP contribution in [0.15, 0.2) is 121 Å². The van der Waals surface area contributed by atoms with Crippen molar-refractivity contribution < 1.29 is 0 Å². The van der Waals surface area contributed by atoms with Crippen LogP contribution in [-0.2, 0) is 16.2 Å². The summed E-state index contributed by atoms with van der Waals surface area (Å²) in [5.74, 6) is 0. The molecule has 0 aliphatic carbocycles. The number of aromatic amines is 1. The van der Waals surface area contributed by atoms with Gasteiger partial charge in [-0.15, -0.1) is 0 Å². The van der Waals surface area contributed by atoms with E-state index in [1.807, 2.05) is 0 Å². The van der Waals surface area contributed by atoms with E-state index >= 15 is 0 Å². The van der Waals surface area contributed by atoms with Gasteiger partial charge in [-0.05, 0) is 116 Å². The second kappa shape index (κ2) is 12.3. The molecule has 0 fully saturated rings. The summed E-state index contributed by atoms with van der Waals surface area (Å²) in [4.78, 5) is 20.5. The highest BCUT2D eigenvalue weighted by Gasteiger charge is 2.27. The average molecular weight is 717 g/mol. The number of hydrogen-bond donors (Lipinski definition) is 1. The zero-order valence-electron chi connectivity index (χ0n) is 33.4. The van der Waals surface area contributed by atoms with Gasteiger partial charge < -0.3 is 4.98 Å². The predicted octanol–water partition coefficient (Wildman–Crippen LogP) is 13.7. The number of hydrogen-bond acceptors (Lipinski definition) is 3. The molecule has 0 spiro atoms. The summed E-state index contributed by atoms with van der Waals surface area (Å²) in [6, 6.07) is 44.1. The molecule has 1 N–H and O–H groups in total. The third-order valence-electron chi connectivity index (χ3n) is 11.2. The molecule has 4 aromatic carbocycles. The Balaban J connectivity index is 1.51. The molecule has 1 aliphatic rings. The van der Waals surface area contributed by atoms with Crippen LogP contribution in [0.25, 0.3) is 89.4 Å². The van der Waals surface area contributed by atoms with Gasteiger partial charge in [0.1, 0.15) is 0 Å². The maximum atomic E-state index is 5.54. The third kappa shape index (κ3) is 6.24. The Morgan fingerprint density at radius 1 is 0.345 bits per heavy atom. The lowest BCUT2D eigenvalue weighted by Crippen LogP contribution is -2.13. The summed E-state index contributed by atoms with van der Waals surface area (Å²) in [6.45, 7) is 20.6. The SMILES string of the molecule is CC(C)(C)c1cc2nc(c1)-c1cc(C(C)(C)C)cc3c1[nH]c1c(cc(C(C)(C)C)cc13)-c1cc(-c3ccccc3)cc(n1)-c1cc(-c3ccccc3)cc-2n1. The fourth-order valence-electron chi connectivity index (χ4n) is 7.79. The molecule has 0 radical (unpaired) electrons. The first kappa shape index (κ1) is 34.9. The third-order valence-corrected chi connectivity index (χ3v) is 11.2. The highest BCUT2D eigenvalue weighted by atomic mass is 14.8. The van der Waals surface area contributed by atoms with Crippen LogP contribution in [0, 0.1) is 0 Å². The van der Waals surface area contributed by atoms with E-state index in [0.29, 0.717) is 0 Å². The molecule has 0 saturated heterocycles. The minimum Gasteiger partial charge on any atom is -0.353 e. The zero-order valence-corrected chi connectivity index (χ0v) is 33.4. The van der Waals surface area contributed by atoms with Crippen molar-refractivity contribution >= 4 is 21.8 Å². The van der Waals surface area contributed by atoms with E-state index in [-0.39, 0.29) is 16.2 Å². The molecule has 9 rings (SSSR count). The van der Waals surface area contributed by atoms with E-state index in [4.69, 9.17) is 15.0 Å². The van der Waals surface area contributed by atoms with Crippen molar-refractivity contribution in [3.05, 3.63) is 138 Å². The van der Waals surface area contributed by atoms with Crippen molar-refractivity contribution in [1.29, 1.82) is 0 Å². The molecule has 0 unspecified atom stereocenters. The lowest BCUT2D eigenvalue weighted by atomic mass is 9.82. The largest absolute Gasteiger partial charge is 0.353 e. The second-order valence-electron chi connectivity index (χ2n) is 18.4. The lowest BCUT2D eigenvalue weighted by molar-refractivity contribution is 0.589. The number of aromatic nitrogens is 4. The normalized spacial score (nSPS) is 12.8. The molecule has 0 atom stereocenters. The molecule has 0 amide bonds. The van der Waals surface area contributed by atoms with Crippen LogP contribution >= 0.6 is 0 Å². The van der Waals surface area contributed by atoms with Crippen molar-refractivity contribution in [2.24, 2.45) is 0 Å². The van der Waals surface area contributed by atoms with Crippen LogP contribution in [0.5, 0.6) is 0 Å². The van der Waals surface area contributed by atoms with Crippen molar-refractivity contribution in [2.45, 2.75) is 78.6 Å². The van der Waals surface area contributed by atoms with E-state index in [9.17, 15) is 0 Å². The van der Waals surface area contributed by atoms with Gasteiger partial charge in [0.15, 0.2) is 0 Å². The van der Waals surface area contributed by atoms with Gasteiger partial charge in [0, 0.05) is 21.9 Å². The fraction of sp³-hybridized carbons (Fsp3) is 0.235. The van der Waals surface area contributed by atoms with Gasteiger partial charge in [-0.25, -0.2) is 15.0 Å². The maximum Gasteiger partial charge on any atom is 0.0901 e. The van der Waals surface area contributed by atoms with E-state index in [1.54, 1.807) is 0 Å². The van der Waals surface area contributed by atoms with Gasteiger partial charge in [-0.2, -0.15) is 0 Å². The quantitative estimate of drug-likeness (QED) is 0.194. The van der Waals surface area contributed by atoms with Crippen molar-refractivity contribution in [2.75, 3.05) is 0 Å². The highest BCUT2D eigenvalue weighted by Crippen LogP contribution is 2.44. The number of rotatable bonds is 2. The van der Waals surface area contributed by atoms with Crippen LogP contribution in [0.1, 0.15) is 79.0 Å². The number of H-pyrrole nitrogens is 1. The minimum absolute atomic E-state index is 0.0919. The van der Waals surface area contributed by atoms with Gasteiger partial charge in [0.2, 0.25) is 0 Å². The maximum absolute atomic E-state index is 5.54. The number of benzene rings is 4. The van der Waals surface area contributed by atoms with Crippen LogP contribution in [0.4, 0.5) is 0 Å². The number of pyridine rings is 3. The molecular formula is C51H48N4. The molecule has 8 bridgehead atoms. The van der Waals surface area contributed by atoms with Gasteiger partial charge in [-0.1, -0.05) is 123 Å². The summed E-state index contributed by atoms with van der Waals surface area (Å²) in [5, 5.41) is 2.40. The smallest absolute Gasteiger partial charge is 0.0901 e. The van der Waals surface area contributed by atoms with Crippen LogP contribution in [-0.4, -0.2) is 19.9 Å². The van der Waals surface area contributed by atoms with Crippen LogP contribution in [0.3, 0.4) is 0 Å². The van der Waals surface area contributed by atoms with Crippen LogP contribution < -0.4 is 0 Å². The summed E-state index contributed by atoms with van der Waals surface area (Å²) in [6.07, 6.45) is 0. The molecule has 4 aromatic heterocycles. The second-order valence-corrected chi connectivity index (χ2v) is 18.4. The predicted molar refractivity (Wildman–Crippen MR) is 231 cm³/mol. The van der Waals surface area contributed by atoms with Crippen molar-refractivity contribution in [3.8, 4) is 67.5 Å².